The van der Waals surface area contributed by atoms with Gasteiger partial charge in [-0.15, -0.1) is 0 Å². The van der Waals surface area contributed by atoms with Gasteiger partial charge >= 0.3 is 5.97 Å². The van der Waals surface area contributed by atoms with E-state index >= 15 is 0 Å². The van der Waals surface area contributed by atoms with Crippen molar-refractivity contribution in [3.05, 3.63) is 23.8 Å². The molecule has 0 aliphatic carbocycles. The van der Waals surface area contributed by atoms with Crippen LogP contribution < -0.4 is 9.64 Å². The van der Waals surface area contributed by atoms with E-state index in [4.69, 9.17) is 14.2 Å². The number of benzene rings is 1. The maximum absolute atomic E-state index is 12.5. The quantitative estimate of drug-likeness (QED) is 0.856. The Morgan fingerprint density at radius 3 is 2.81 bits per heavy atom. The van der Waals surface area contributed by atoms with Crippen LogP contribution in [0, 0.1) is 0 Å². The Morgan fingerprint density at radius 1 is 1.24 bits per heavy atom. The number of hydrogen-bond donors (Lipinski definition) is 1. The summed E-state index contributed by atoms with van der Waals surface area (Å²) in [4.78, 5) is 25.2. The lowest BCUT2D eigenvalue weighted by Gasteiger charge is -2.33. The molecule has 0 saturated carbocycles. The van der Waals surface area contributed by atoms with E-state index in [1.54, 1.807) is 12.1 Å². The fourth-order valence-electron chi connectivity index (χ4n) is 2.45. The predicted molar refractivity (Wildman–Crippen MR) is 71.8 cm³/mol. The minimum absolute atomic E-state index is 0.0470. The highest BCUT2D eigenvalue weighted by atomic mass is 16.6. The van der Waals surface area contributed by atoms with Crippen LogP contribution in [-0.4, -0.2) is 56.1 Å². The predicted octanol–water partition coefficient (Wildman–Crippen LogP) is 0.526. The molecule has 1 amide bonds. The smallest absolute Gasteiger partial charge is 0.339 e. The summed E-state index contributed by atoms with van der Waals surface area (Å²) >= 11 is 0. The SMILES string of the molecule is O=C(O)c1cccc2c1OCCN2C(=O)C1COCCO1. The topological polar surface area (TPSA) is 85.3 Å². The van der Waals surface area contributed by atoms with Gasteiger partial charge in [-0.2, -0.15) is 0 Å². The molecule has 2 aliphatic heterocycles. The first-order valence-electron chi connectivity index (χ1n) is 6.68. The van der Waals surface area contributed by atoms with Crippen LogP contribution >= 0.6 is 0 Å². The summed E-state index contributed by atoms with van der Waals surface area (Å²) in [5.74, 6) is -1.10. The molecule has 2 heterocycles. The Balaban J connectivity index is 1.91. The highest BCUT2D eigenvalue weighted by molar-refractivity contribution is 6.01. The van der Waals surface area contributed by atoms with Gasteiger partial charge in [0.25, 0.3) is 5.91 Å². The molecule has 1 aromatic carbocycles. The minimum atomic E-state index is -1.08. The number of carboxylic acids is 1. The third-order valence-corrected chi connectivity index (χ3v) is 3.43. The Hall–Kier alpha value is -2.12. The van der Waals surface area contributed by atoms with Crippen LogP contribution in [0.1, 0.15) is 10.4 Å². The molecule has 112 valence electrons. The standard InChI is InChI=1S/C14H15NO6/c16-13(11-8-19-6-7-20-11)15-4-5-21-12-9(14(17)18)2-1-3-10(12)15/h1-3,11H,4-8H2,(H,17,18). The number of carbonyl (C=O) groups is 2. The van der Waals surface area contributed by atoms with E-state index in [1.807, 2.05) is 0 Å². The minimum Gasteiger partial charge on any atom is -0.489 e. The first kappa shape index (κ1) is 13.8. The number of nitrogens with zero attached hydrogens (tertiary/aromatic N) is 1. The zero-order valence-corrected chi connectivity index (χ0v) is 11.3. The first-order chi connectivity index (χ1) is 10.2. The normalized spacial score (nSPS) is 21.3. The molecular formula is C14H15NO6. The number of para-hydroxylation sites is 1. The summed E-state index contributed by atoms with van der Waals surface area (Å²) in [5.41, 5.74) is 0.506. The van der Waals surface area contributed by atoms with Gasteiger partial charge in [-0.25, -0.2) is 4.79 Å². The molecule has 2 aliphatic rings. The van der Waals surface area contributed by atoms with Crippen LogP contribution in [0.2, 0.25) is 0 Å². The highest BCUT2D eigenvalue weighted by Crippen LogP contribution is 2.35. The molecule has 0 aromatic heterocycles. The van der Waals surface area contributed by atoms with Crippen molar-refractivity contribution in [2.75, 3.05) is 37.9 Å². The number of hydrogen-bond acceptors (Lipinski definition) is 5. The molecule has 1 saturated heterocycles. The van der Waals surface area contributed by atoms with Crippen LogP contribution in [-0.2, 0) is 14.3 Å². The van der Waals surface area contributed by atoms with E-state index in [0.717, 1.165) is 0 Å². The van der Waals surface area contributed by atoms with Crippen molar-refractivity contribution in [1.29, 1.82) is 0 Å². The second-order valence-corrected chi connectivity index (χ2v) is 4.73. The van der Waals surface area contributed by atoms with Crippen LogP contribution in [0.25, 0.3) is 0 Å². The van der Waals surface area contributed by atoms with Crippen molar-refractivity contribution in [1.82, 2.24) is 0 Å². The number of fused-ring (bicyclic) bond motifs is 1. The van der Waals surface area contributed by atoms with E-state index in [-0.39, 0.29) is 30.4 Å². The molecule has 1 unspecified atom stereocenters. The summed E-state index contributed by atoms with van der Waals surface area (Å²) in [7, 11) is 0. The lowest BCUT2D eigenvalue weighted by atomic mass is 10.1. The van der Waals surface area contributed by atoms with Gasteiger partial charge in [0.2, 0.25) is 0 Å². The maximum Gasteiger partial charge on any atom is 0.339 e. The number of carboxylic acid groups (broad SMARTS) is 1. The fraction of sp³-hybridized carbons (Fsp3) is 0.429. The second-order valence-electron chi connectivity index (χ2n) is 4.73. The number of anilines is 1. The Kier molecular flexibility index (Phi) is 3.76. The van der Waals surface area contributed by atoms with Gasteiger partial charge in [-0.1, -0.05) is 6.07 Å². The summed E-state index contributed by atoms with van der Waals surface area (Å²) in [6.07, 6.45) is -0.654. The van der Waals surface area contributed by atoms with Crippen molar-refractivity contribution in [3.63, 3.8) is 0 Å². The van der Waals surface area contributed by atoms with E-state index in [0.29, 0.717) is 25.4 Å². The molecule has 0 bridgehead atoms. The number of rotatable bonds is 2. The van der Waals surface area contributed by atoms with Crippen LogP contribution in [0.15, 0.2) is 18.2 Å². The summed E-state index contributed by atoms with van der Waals surface area (Å²) in [6, 6.07) is 4.72. The molecule has 1 aromatic rings. The van der Waals surface area contributed by atoms with E-state index in [2.05, 4.69) is 0 Å². The second kappa shape index (κ2) is 5.71. The zero-order chi connectivity index (χ0) is 14.8. The summed E-state index contributed by atoms with van der Waals surface area (Å²) in [6.45, 7) is 1.67. The molecule has 21 heavy (non-hydrogen) atoms. The van der Waals surface area contributed by atoms with Gasteiger partial charge in [-0.3, -0.25) is 4.79 Å². The zero-order valence-electron chi connectivity index (χ0n) is 11.3. The Morgan fingerprint density at radius 2 is 2.10 bits per heavy atom. The largest absolute Gasteiger partial charge is 0.489 e. The van der Waals surface area contributed by atoms with Crippen LogP contribution in [0.3, 0.4) is 0 Å². The first-order valence-corrected chi connectivity index (χ1v) is 6.68. The average molecular weight is 293 g/mol. The fourth-order valence-corrected chi connectivity index (χ4v) is 2.45. The van der Waals surface area contributed by atoms with Crippen molar-refractivity contribution >= 4 is 17.6 Å². The third-order valence-electron chi connectivity index (χ3n) is 3.43. The van der Waals surface area contributed by atoms with Crippen molar-refractivity contribution in [2.45, 2.75) is 6.10 Å². The Labute approximate surface area is 121 Å². The molecule has 1 N–H and O–H groups in total. The van der Waals surface area contributed by atoms with Gasteiger partial charge in [0, 0.05) is 0 Å². The number of ether oxygens (including phenoxy) is 3. The summed E-state index contributed by atoms with van der Waals surface area (Å²) in [5, 5.41) is 9.19. The van der Waals surface area contributed by atoms with E-state index in [1.165, 1.54) is 11.0 Å². The maximum atomic E-state index is 12.5. The monoisotopic (exact) mass is 293 g/mol. The average Bonchev–Trinajstić information content (AvgIpc) is 2.53. The van der Waals surface area contributed by atoms with E-state index in [9.17, 15) is 14.7 Å². The summed E-state index contributed by atoms with van der Waals surface area (Å²) < 4.78 is 16.1. The van der Waals surface area contributed by atoms with Gasteiger partial charge in [0.15, 0.2) is 11.9 Å². The van der Waals surface area contributed by atoms with Crippen molar-refractivity contribution in [2.24, 2.45) is 0 Å². The lowest BCUT2D eigenvalue weighted by molar-refractivity contribution is -0.145. The molecule has 0 spiro atoms. The number of amides is 1. The lowest BCUT2D eigenvalue weighted by Crippen LogP contribution is -2.48. The molecule has 0 radical (unpaired) electrons. The Bertz CT molecular complexity index is 567. The number of carbonyl (C=O) groups excluding carboxylic acids is 1. The molecular weight excluding hydrogens is 278 g/mol. The van der Waals surface area contributed by atoms with Crippen LogP contribution in [0.5, 0.6) is 5.75 Å². The van der Waals surface area contributed by atoms with Gasteiger partial charge in [0.1, 0.15) is 12.2 Å². The highest BCUT2D eigenvalue weighted by Gasteiger charge is 2.33. The van der Waals surface area contributed by atoms with Gasteiger partial charge in [-0.05, 0) is 12.1 Å². The molecule has 3 rings (SSSR count). The molecule has 7 nitrogen and oxygen atoms in total. The van der Waals surface area contributed by atoms with E-state index < -0.39 is 12.1 Å². The van der Waals surface area contributed by atoms with Crippen molar-refractivity contribution in [3.8, 4) is 5.75 Å². The van der Waals surface area contributed by atoms with Crippen molar-refractivity contribution < 1.29 is 28.9 Å². The molecule has 1 atom stereocenters. The third kappa shape index (κ3) is 2.57. The van der Waals surface area contributed by atoms with Gasteiger partial charge < -0.3 is 24.2 Å². The van der Waals surface area contributed by atoms with Crippen LogP contribution in [0.4, 0.5) is 5.69 Å². The number of aromatic carboxylic acids is 1. The van der Waals surface area contributed by atoms with Gasteiger partial charge in [0.05, 0.1) is 32.1 Å². The molecule has 7 heteroatoms. The molecule has 1 fully saturated rings.